The first-order chi connectivity index (χ1) is 16.1. The van der Waals surface area contributed by atoms with Gasteiger partial charge in [-0.1, -0.05) is 36.4 Å². The number of anilines is 2. The fourth-order valence-electron chi connectivity index (χ4n) is 3.41. The summed E-state index contributed by atoms with van der Waals surface area (Å²) in [6, 6.07) is 19.8. The van der Waals surface area contributed by atoms with E-state index in [1.54, 1.807) is 16.4 Å². The van der Waals surface area contributed by atoms with E-state index in [1.807, 2.05) is 90.3 Å². The minimum Gasteiger partial charge on any atom is -0.475 e. The number of rotatable bonds is 6. The maximum absolute atomic E-state index is 6.07. The van der Waals surface area contributed by atoms with Gasteiger partial charge in [0.25, 0.3) is 0 Å². The molecule has 33 heavy (non-hydrogen) atoms. The number of nitrogen functional groups attached to an aromatic ring is 2. The van der Waals surface area contributed by atoms with Crippen LogP contribution in [0.4, 0.5) is 11.6 Å². The number of thioether (sulfide) groups is 2. The first-order valence-corrected chi connectivity index (χ1v) is 13.2. The zero-order chi connectivity index (χ0) is 23.2. The molecule has 0 radical (unpaired) electrons. The molecule has 4 aromatic rings. The van der Waals surface area contributed by atoms with Crippen LogP contribution in [0.2, 0.25) is 0 Å². The highest BCUT2D eigenvalue weighted by molar-refractivity contribution is 7.98. The van der Waals surface area contributed by atoms with Gasteiger partial charge in [-0.05, 0) is 37.4 Å². The maximum atomic E-state index is 6.07. The van der Waals surface area contributed by atoms with Crippen LogP contribution < -0.4 is 16.2 Å². The van der Waals surface area contributed by atoms with Gasteiger partial charge in [-0.3, -0.25) is 0 Å². The number of nitrogens with two attached hydrogens (primary N) is 2. The summed E-state index contributed by atoms with van der Waals surface area (Å²) in [6.07, 6.45) is 2.05. The number of hydrogen-bond acceptors (Lipinski definition) is 7. The third-order valence-electron chi connectivity index (χ3n) is 5.24. The van der Waals surface area contributed by atoms with Gasteiger partial charge in [0.15, 0.2) is 0 Å². The average molecular weight is 481 g/mol. The molecule has 9 heteroatoms. The van der Waals surface area contributed by atoms with Crippen LogP contribution in [0.5, 0.6) is 5.88 Å². The number of hydrogen-bond donors (Lipinski definition) is 2. The Morgan fingerprint density at radius 1 is 0.909 bits per heavy atom. The van der Waals surface area contributed by atoms with E-state index in [0.29, 0.717) is 18.3 Å². The normalized spacial score (nSPS) is 12.2. The van der Waals surface area contributed by atoms with Crippen molar-refractivity contribution in [1.82, 2.24) is 19.6 Å². The predicted molar refractivity (Wildman–Crippen MR) is 140 cm³/mol. The Morgan fingerprint density at radius 2 is 1.52 bits per heavy atom. The smallest absolute Gasteiger partial charge is 0.238 e. The molecule has 5 rings (SSSR count). The molecule has 2 aromatic carbocycles. The Labute approximate surface area is 202 Å². The molecule has 0 saturated heterocycles. The lowest BCUT2D eigenvalue weighted by Crippen LogP contribution is -2.03. The SMILES string of the molecule is CSCCOc1nn(-c2ccccc2)c(N)c1C.Nc1c2c(nn1-c1ccccc1)CSC2. The quantitative estimate of drug-likeness (QED) is 0.386. The molecule has 0 aliphatic carbocycles. The molecular formula is C24H28N6OS2. The van der Waals surface area contributed by atoms with E-state index in [4.69, 9.17) is 16.2 Å². The second-order valence-corrected chi connectivity index (χ2v) is 9.43. The largest absolute Gasteiger partial charge is 0.475 e. The first-order valence-electron chi connectivity index (χ1n) is 10.6. The van der Waals surface area contributed by atoms with Crippen molar-refractivity contribution in [2.45, 2.75) is 18.4 Å². The minimum absolute atomic E-state index is 0.616. The molecule has 2 aromatic heterocycles. The predicted octanol–water partition coefficient (Wildman–Crippen LogP) is 4.71. The summed E-state index contributed by atoms with van der Waals surface area (Å²) in [5.41, 5.74) is 17.3. The summed E-state index contributed by atoms with van der Waals surface area (Å²) in [4.78, 5) is 0. The van der Waals surface area contributed by atoms with Crippen LogP contribution in [0.25, 0.3) is 11.4 Å². The van der Waals surface area contributed by atoms with E-state index in [1.165, 1.54) is 5.56 Å². The monoisotopic (exact) mass is 480 g/mol. The van der Waals surface area contributed by atoms with Gasteiger partial charge in [-0.15, -0.1) is 5.10 Å². The van der Waals surface area contributed by atoms with Crippen LogP contribution >= 0.6 is 23.5 Å². The minimum atomic E-state index is 0.616. The van der Waals surface area contributed by atoms with Gasteiger partial charge in [-0.2, -0.15) is 28.6 Å². The number of ether oxygens (including phenoxy) is 1. The van der Waals surface area contributed by atoms with Crippen molar-refractivity contribution < 1.29 is 4.74 Å². The van der Waals surface area contributed by atoms with Crippen molar-refractivity contribution in [2.75, 3.05) is 30.1 Å². The van der Waals surface area contributed by atoms with Crippen molar-refractivity contribution in [1.29, 1.82) is 0 Å². The summed E-state index contributed by atoms with van der Waals surface area (Å²) < 4.78 is 9.18. The van der Waals surface area contributed by atoms with E-state index in [0.717, 1.165) is 45.7 Å². The fraction of sp³-hybridized carbons (Fsp3) is 0.250. The van der Waals surface area contributed by atoms with E-state index < -0.39 is 0 Å². The number of nitrogens with zero attached hydrogens (tertiary/aromatic N) is 4. The Kier molecular flexibility index (Phi) is 7.51. The van der Waals surface area contributed by atoms with Crippen LogP contribution in [0.15, 0.2) is 60.7 Å². The highest BCUT2D eigenvalue weighted by Crippen LogP contribution is 2.34. The summed E-state index contributed by atoms with van der Waals surface area (Å²) in [5.74, 6) is 4.96. The number of fused-ring (bicyclic) bond motifs is 1. The molecule has 0 unspecified atom stereocenters. The fourth-order valence-corrected chi connectivity index (χ4v) is 4.71. The zero-order valence-corrected chi connectivity index (χ0v) is 20.4. The van der Waals surface area contributed by atoms with Gasteiger partial charge in [0, 0.05) is 22.8 Å². The third-order valence-corrected chi connectivity index (χ3v) is 6.79. The second kappa shape index (κ2) is 10.7. The van der Waals surface area contributed by atoms with E-state index >= 15 is 0 Å². The lowest BCUT2D eigenvalue weighted by Gasteiger charge is -2.04. The zero-order valence-electron chi connectivity index (χ0n) is 18.8. The van der Waals surface area contributed by atoms with Gasteiger partial charge in [0.1, 0.15) is 11.6 Å². The van der Waals surface area contributed by atoms with Gasteiger partial charge in [0.2, 0.25) is 5.88 Å². The average Bonchev–Trinajstić information content (AvgIpc) is 3.52. The van der Waals surface area contributed by atoms with Crippen LogP contribution in [0.1, 0.15) is 16.8 Å². The highest BCUT2D eigenvalue weighted by Gasteiger charge is 2.21. The lowest BCUT2D eigenvalue weighted by atomic mass is 10.3. The van der Waals surface area contributed by atoms with E-state index in [2.05, 4.69) is 10.2 Å². The van der Waals surface area contributed by atoms with Crippen LogP contribution in [0.3, 0.4) is 0 Å². The van der Waals surface area contributed by atoms with Crippen molar-refractivity contribution in [3.05, 3.63) is 77.5 Å². The molecule has 0 spiro atoms. The third kappa shape index (κ3) is 5.15. The molecule has 0 amide bonds. The van der Waals surface area contributed by atoms with Gasteiger partial charge >= 0.3 is 0 Å². The molecule has 4 N–H and O–H groups in total. The molecule has 1 aliphatic heterocycles. The van der Waals surface area contributed by atoms with E-state index in [9.17, 15) is 0 Å². The number of benzene rings is 2. The summed E-state index contributed by atoms with van der Waals surface area (Å²) >= 11 is 3.62. The molecule has 0 bridgehead atoms. The Balaban J connectivity index is 0.000000159. The van der Waals surface area contributed by atoms with Crippen molar-refractivity contribution in [3.63, 3.8) is 0 Å². The van der Waals surface area contributed by atoms with Gasteiger partial charge in [0.05, 0.1) is 29.2 Å². The molecule has 1 aliphatic rings. The number of para-hydroxylation sites is 2. The molecular weight excluding hydrogens is 452 g/mol. The van der Waals surface area contributed by atoms with Crippen molar-refractivity contribution >= 4 is 35.2 Å². The van der Waals surface area contributed by atoms with Gasteiger partial charge in [-0.25, -0.2) is 9.36 Å². The molecule has 0 fully saturated rings. The second-order valence-electron chi connectivity index (χ2n) is 7.45. The summed E-state index contributed by atoms with van der Waals surface area (Å²) in [5, 5.41) is 8.94. The lowest BCUT2D eigenvalue weighted by molar-refractivity contribution is 0.326. The summed E-state index contributed by atoms with van der Waals surface area (Å²) in [6.45, 7) is 2.57. The molecule has 172 valence electrons. The van der Waals surface area contributed by atoms with Gasteiger partial charge < -0.3 is 16.2 Å². The molecule has 0 atom stereocenters. The van der Waals surface area contributed by atoms with Crippen LogP contribution in [-0.2, 0) is 11.5 Å². The van der Waals surface area contributed by atoms with Crippen molar-refractivity contribution in [3.8, 4) is 17.3 Å². The number of aromatic nitrogens is 4. The summed E-state index contributed by atoms with van der Waals surface area (Å²) in [7, 11) is 0. The van der Waals surface area contributed by atoms with Crippen LogP contribution in [-0.4, -0.2) is 38.2 Å². The molecule has 7 nitrogen and oxygen atoms in total. The topological polar surface area (TPSA) is 96.9 Å². The molecule has 0 saturated carbocycles. The van der Waals surface area contributed by atoms with Crippen LogP contribution in [0, 0.1) is 6.92 Å². The first kappa shape index (κ1) is 23.1. The Hall–Kier alpha value is -3.04. The maximum Gasteiger partial charge on any atom is 0.238 e. The Morgan fingerprint density at radius 3 is 2.09 bits per heavy atom. The van der Waals surface area contributed by atoms with Crippen molar-refractivity contribution in [2.24, 2.45) is 0 Å². The molecule has 3 heterocycles. The highest BCUT2D eigenvalue weighted by atomic mass is 32.2. The standard InChI is InChI=1S/C13H17N3OS.C11H11N3S/c1-10-12(14)16(11-6-4-3-5-7-11)15-13(10)17-8-9-18-2;12-11-9-6-15-7-10(9)13-14(11)8-4-2-1-3-5-8/h3-7H,8-9,14H2,1-2H3;1-5H,6-7,12H2. The Bertz CT molecular complexity index is 1190. The van der Waals surface area contributed by atoms with E-state index in [-0.39, 0.29) is 0 Å².